The number of fused-ring (bicyclic) bond motifs is 4. The minimum Gasteiger partial charge on any atom is -0.488 e. The van der Waals surface area contributed by atoms with E-state index in [2.05, 4.69) is 140 Å². The normalized spacial score (nSPS) is 23.8. The van der Waals surface area contributed by atoms with E-state index in [4.69, 9.17) is 59.2 Å². The predicted molar refractivity (Wildman–Crippen MR) is 421 cm³/mol. The number of hydrogen-bond acceptors (Lipinski definition) is 20. The lowest BCUT2D eigenvalue weighted by molar-refractivity contribution is -0.338. The summed E-state index contributed by atoms with van der Waals surface area (Å²) in [5, 5.41) is 57.0. The number of benzene rings is 4. The van der Waals surface area contributed by atoms with Gasteiger partial charge in [-0.05, 0) is 223 Å². The quantitative estimate of drug-likeness (QED) is 0.0211. The number of carboxylic acids is 2. The van der Waals surface area contributed by atoms with Crippen LogP contribution in [0.5, 0.6) is 11.5 Å². The summed E-state index contributed by atoms with van der Waals surface area (Å²) >= 11 is 0. The van der Waals surface area contributed by atoms with Crippen LogP contribution in [0.25, 0.3) is 33.9 Å². The Kier molecular flexibility index (Phi) is 23.7. The molecule has 2 aromatic heterocycles. The van der Waals surface area contributed by atoms with Crippen molar-refractivity contribution >= 4 is 80.7 Å². The lowest BCUT2D eigenvalue weighted by Crippen LogP contribution is -2.48. The molecular weight excluding hydrogens is 1400 g/mol. The summed E-state index contributed by atoms with van der Waals surface area (Å²) in [6, 6.07) is 23.5. The van der Waals surface area contributed by atoms with Crippen LogP contribution in [0.2, 0.25) is 0 Å². The maximum Gasteiger partial charge on any atom is 0.303 e. The maximum absolute atomic E-state index is 13.0. The highest BCUT2D eigenvalue weighted by Gasteiger charge is 2.42. The molecule has 110 heavy (non-hydrogen) atoms. The third-order valence-corrected chi connectivity index (χ3v) is 22.6. The lowest BCUT2D eigenvalue weighted by atomic mass is 9.75. The van der Waals surface area contributed by atoms with Gasteiger partial charge in [-0.15, -0.1) is 10.2 Å². The molecule has 0 radical (unpaired) electrons. The highest BCUT2D eigenvalue weighted by molar-refractivity contribution is 6.16. The number of hydrogen-bond donors (Lipinski definition) is 4. The molecule has 12 rings (SSSR count). The summed E-state index contributed by atoms with van der Waals surface area (Å²) in [6.45, 7) is 33.9. The van der Waals surface area contributed by atoms with E-state index in [1.807, 2.05) is 13.8 Å². The highest BCUT2D eigenvalue weighted by Crippen LogP contribution is 2.49. The Bertz CT molecular complexity index is 4460. The van der Waals surface area contributed by atoms with Gasteiger partial charge in [0.2, 0.25) is 11.8 Å². The number of carbonyl (C=O) groups is 4. The third kappa shape index (κ3) is 16.9. The summed E-state index contributed by atoms with van der Waals surface area (Å²) in [7, 11) is 0. The van der Waals surface area contributed by atoms with Crippen molar-refractivity contribution in [3.8, 4) is 46.4 Å². The molecular formula is C84H104N14O12. The summed E-state index contributed by atoms with van der Waals surface area (Å²) in [5.41, 5.74) is 9.64. The summed E-state index contributed by atoms with van der Waals surface area (Å²) < 4.78 is 15.8. The van der Waals surface area contributed by atoms with Crippen molar-refractivity contribution < 1.29 is 58.4 Å². The molecule has 2 saturated carbocycles. The number of ether oxygens (including phenoxy) is 2. The van der Waals surface area contributed by atoms with Crippen LogP contribution in [0.3, 0.4) is 0 Å². The first-order valence-electron chi connectivity index (χ1n) is 38.7. The largest absolute Gasteiger partial charge is 0.488 e. The molecule has 4 aromatic carbocycles. The topological polar surface area (TPSA) is 328 Å². The molecule has 2 fully saturated rings. The molecule has 6 atom stereocenters. The minimum atomic E-state index is -0.834. The van der Waals surface area contributed by atoms with Crippen molar-refractivity contribution in [2.75, 3.05) is 60.0 Å². The number of anilines is 4. The number of rotatable bonds is 27. The molecule has 0 saturated heterocycles. The van der Waals surface area contributed by atoms with Crippen molar-refractivity contribution in [2.45, 2.75) is 210 Å². The summed E-state index contributed by atoms with van der Waals surface area (Å²) in [4.78, 5) is 99.0. The number of nitrogens with one attached hydrogen (secondary N) is 2. The van der Waals surface area contributed by atoms with Crippen LogP contribution in [-0.2, 0) is 38.7 Å². The molecule has 2 amide bonds. The van der Waals surface area contributed by atoms with Gasteiger partial charge in [0.15, 0.2) is 35.0 Å². The second-order valence-electron chi connectivity index (χ2n) is 32.9. The zero-order valence-corrected chi connectivity index (χ0v) is 66.2. The first-order chi connectivity index (χ1) is 52.3. The van der Waals surface area contributed by atoms with Crippen molar-refractivity contribution in [1.82, 2.24) is 29.5 Å². The number of carbonyl (C=O) groups excluding carboxylic acids is 2. The fraction of sp³-hybridized carbons (Fsp3) is 0.524. The molecule has 6 aromatic rings. The Morgan fingerprint density at radius 3 is 1.28 bits per heavy atom. The molecule has 6 unspecified atom stereocenters. The standard InChI is InChI=1S/C84H104N14O12/c1-45-29-49(5)75(50(6)30-45)109-107-43-63-61(41-85)79(89-65-37-59-53(9)39-83(13,14)95(25-17-19-73(101)102)69(59)33-47(65)3)97-81(63)91-77(93-97)57-21-23-71(67(35-57)87-55(11)99)105-27-28-106-72-24-22-58(36-68(72)88-56(12)100)78-92-82-64(44-108-110-76-51(7)31-46(2)32-52(76)8)62(42-86)80(98(82)94-78)90-66-38-60-54(10)40-84(15,16)96(26-18-20-74(103)104)70(60)34-48(66)4/h21-24,33-38,45-46,49-54,75-76H,17-20,25-32,39-40,43-44H2,1-16H3,(H,87,99)(H,88,100)(H,101,102)(H,103,104)/b89-79+,90-80+. The van der Waals surface area contributed by atoms with Crippen molar-refractivity contribution in [3.63, 3.8) is 0 Å². The van der Waals surface area contributed by atoms with Gasteiger partial charge in [0.25, 0.3) is 0 Å². The average molecular weight is 1500 g/mol. The molecule has 0 spiro atoms. The zero-order valence-electron chi connectivity index (χ0n) is 66.2. The monoisotopic (exact) mass is 1500 g/mol. The number of aliphatic imine (C=N–C) groups is 2. The summed E-state index contributed by atoms with van der Waals surface area (Å²) in [5.74, 6) is 2.29. The number of aryl methyl sites for hydroxylation is 2. The number of aromatic nitrogens is 6. The second-order valence-corrected chi connectivity index (χ2v) is 32.9. The first-order valence-corrected chi connectivity index (χ1v) is 38.7. The number of carboxylic acid groups (broad SMARTS) is 2. The van der Waals surface area contributed by atoms with Gasteiger partial charge in [0, 0.05) is 84.5 Å². The van der Waals surface area contributed by atoms with E-state index < -0.39 is 11.9 Å². The van der Waals surface area contributed by atoms with Crippen molar-refractivity contribution in [3.05, 3.63) is 106 Å². The van der Waals surface area contributed by atoms with Crippen molar-refractivity contribution in [1.29, 1.82) is 10.5 Å². The van der Waals surface area contributed by atoms with Crippen LogP contribution in [-0.4, -0.2) is 138 Å². The van der Waals surface area contributed by atoms with E-state index >= 15 is 0 Å². The Morgan fingerprint density at radius 2 is 0.936 bits per heavy atom. The average Bonchev–Trinajstić information content (AvgIpc) is 1.57. The molecule has 2 aliphatic carbocycles. The van der Waals surface area contributed by atoms with Gasteiger partial charge in [-0.1, -0.05) is 55.4 Å². The van der Waals surface area contributed by atoms with Crippen LogP contribution in [0, 0.1) is 72.0 Å². The minimum absolute atomic E-state index is 0.0149. The van der Waals surface area contributed by atoms with Gasteiger partial charge in [-0.3, -0.25) is 19.2 Å². The molecule has 582 valence electrons. The maximum atomic E-state index is 13.0. The summed E-state index contributed by atoms with van der Waals surface area (Å²) in [6.07, 6.45) is 6.42. The Labute approximate surface area is 643 Å². The third-order valence-electron chi connectivity index (χ3n) is 22.6. The van der Waals surface area contributed by atoms with Gasteiger partial charge in [-0.25, -0.2) is 39.5 Å². The van der Waals surface area contributed by atoms with Gasteiger partial charge >= 0.3 is 11.9 Å². The number of amides is 2. The van der Waals surface area contributed by atoms with Gasteiger partial charge in [-0.2, -0.15) is 19.9 Å². The van der Waals surface area contributed by atoms with Crippen LogP contribution in [0.4, 0.5) is 34.1 Å². The van der Waals surface area contributed by atoms with E-state index in [-0.39, 0.29) is 144 Å². The Morgan fingerprint density at radius 1 is 0.564 bits per heavy atom. The van der Waals surface area contributed by atoms with Crippen LogP contribution in [0.15, 0.2) is 81.8 Å². The van der Waals surface area contributed by atoms with Gasteiger partial charge in [0.1, 0.15) is 61.2 Å². The van der Waals surface area contributed by atoms with E-state index in [1.54, 1.807) is 45.8 Å². The Balaban J connectivity index is 0.810. The number of allylic oxidation sites excluding steroid dienone is 2. The lowest BCUT2D eigenvalue weighted by Gasteiger charge is -2.48. The molecule has 4 aliphatic heterocycles. The van der Waals surface area contributed by atoms with Crippen LogP contribution >= 0.6 is 0 Å². The Hall–Kier alpha value is -10.1. The predicted octanol–water partition coefficient (Wildman–Crippen LogP) is 15.9. The van der Waals surface area contributed by atoms with Gasteiger partial charge in [0.05, 0.1) is 35.0 Å². The molecule has 4 N–H and O–H groups in total. The molecule has 26 heteroatoms. The molecule has 6 heterocycles. The van der Waals surface area contributed by atoms with E-state index in [9.17, 15) is 39.9 Å². The van der Waals surface area contributed by atoms with E-state index in [0.717, 1.165) is 72.2 Å². The molecule has 0 bridgehead atoms. The van der Waals surface area contributed by atoms with Crippen LogP contribution in [0.1, 0.15) is 207 Å². The highest BCUT2D eigenvalue weighted by atomic mass is 17.2. The zero-order chi connectivity index (χ0) is 78.9. The van der Waals surface area contributed by atoms with Crippen molar-refractivity contribution in [2.24, 2.45) is 45.5 Å². The number of nitrogens with zero attached hydrogens (tertiary/aromatic N) is 12. The second kappa shape index (κ2) is 32.8. The fourth-order valence-corrected chi connectivity index (χ4v) is 17.9. The fourth-order valence-electron chi connectivity index (χ4n) is 17.9. The number of aliphatic carboxylic acids is 2. The van der Waals surface area contributed by atoms with E-state index in [0.29, 0.717) is 106 Å². The number of nitriles is 2. The first kappa shape index (κ1) is 79.4. The molecule has 6 aliphatic rings. The smallest absolute Gasteiger partial charge is 0.303 e. The molecule has 26 nitrogen and oxygen atoms in total. The SMILES string of the molecule is CC(=O)Nc1cc(-c2nc3n(n2)/C(=N/c2cc4c(cc2C)N(CCCC(=O)O)C(C)(C)CC4C)C(C#N)=C3COOC2C(C)CC(C)CC2C)ccc1OCCOc1ccc(-c2nc3n(n2)/C(=N/c2cc4c(cc2C)N(CCCC(=O)O)C(C)(C)CC4C)C(C#N)=C3COOC2C(C)CC(C)CC2C)cc1NC(C)=O. The van der Waals surface area contributed by atoms with Gasteiger partial charge < -0.3 is 40.1 Å². The van der Waals surface area contributed by atoms with E-state index in [1.165, 1.54) is 13.8 Å². The van der Waals surface area contributed by atoms with Crippen LogP contribution < -0.4 is 29.9 Å².